The molecule has 3 nitrogen and oxygen atoms in total. The lowest BCUT2D eigenvalue weighted by molar-refractivity contribution is -0.120. The van der Waals surface area contributed by atoms with E-state index in [1.54, 1.807) is 6.08 Å². The van der Waals surface area contributed by atoms with Gasteiger partial charge in [-0.2, -0.15) is 0 Å². The van der Waals surface area contributed by atoms with Crippen LogP contribution in [0.15, 0.2) is 24.8 Å². The minimum Gasteiger partial charge on any atom is -0.352 e. The van der Waals surface area contributed by atoms with Gasteiger partial charge in [-0.05, 0) is 19.3 Å². The number of amides is 1. The second-order valence-corrected chi connectivity index (χ2v) is 3.47. The highest BCUT2D eigenvalue weighted by molar-refractivity contribution is 5.78. The van der Waals surface area contributed by atoms with Crippen LogP contribution in [-0.2, 0) is 4.79 Å². The van der Waals surface area contributed by atoms with Gasteiger partial charge in [-0.1, -0.05) is 18.2 Å². The van der Waals surface area contributed by atoms with E-state index in [0.717, 1.165) is 19.3 Å². The van der Waals surface area contributed by atoms with Crippen molar-refractivity contribution in [2.75, 3.05) is 13.1 Å². The van der Waals surface area contributed by atoms with Crippen LogP contribution < -0.4 is 10.6 Å². The van der Waals surface area contributed by atoms with Gasteiger partial charge < -0.3 is 10.6 Å². The Bertz CT molecular complexity index is 223. The topological polar surface area (TPSA) is 41.1 Å². The first-order valence-corrected chi connectivity index (χ1v) is 5.09. The summed E-state index contributed by atoms with van der Waals surface area (Å²) in [7, 11) is 0. The van der Waals surface area contributed by atoms with Gasteiger partial charge in [-0.3, -0.25) is 4.79 Å². The maximum atomic E-state index is 11.4. The van der Waals surface area contributed by atoms with E-state index in [-0.39, 0.29) is 5.91 Å². The standard InChI is InChI=1S/C11H18N2O/c1-2-8-12-9-11(14)13-10-6-4-3-5-7-10/h2-4,10,12H,1,5-9H2,(H,13,14). The molecule has 0 heterocycles. The third-order valence-electron chi connectivity index (χ3n) is 2.21. The van der Waals surface area contributed by atoms with Gasteiger partial charge in [0.05, 0.1) is 6.54 Å². The van der Waals surface area contributed by atoms with Crippen LogP contribution in [0.2, 0.25) is 0 Å². The van der Waals surface area contributed by atoms with Crippen molar-refractivity contribution >= 4 is 5.91 Å². The Labute approximate surface area is 85.3 Å². The SMILES string of the molecule is C=CCNCC(=O)NC1CC=CCC1. The van der Waals surface area contributed by atoms with E-state index in [9.17, 15) is 4.79 Å². The van der Waals surface area contributed by atoms with Crippen LogP contribution in [0.3, 0.4) is 0 Å². The number of rotatable bonds is 5. The van der Waals surface area contributed by atoms with Crippen molar-refractivity contribution in [3.8, 4) is 0 Å². The molecule has 0 bridgehead atoms. The molecule has 1 atom stereocenters. The summed E-state index contributed by atoms with van der Waals surface area (Å²) in [6.07, 6.45) is 9.14. The van der Waals surface area contributed by atoms with Crippen LogP contribution in [0.4, 0.5) is 0 Å². The smallest absolute Gasteiger partial charge is 0.234 e. The Morgan fingerprint density at radius 2 is 2.43 bits per heavy atom. The summed E-state index contributed by atoms with van der Waals surface area (Å²) >= 11 is 0. The molecule has 2 N–H and O–H groups in total. The Kier molecular flexibility index (Phi) is 5.00. The average Bonchev–Trinajstić information content (AvgIpc) is 2.20. The van der Waals surface area contributed by atoms with E-state index in [0.29, 0.717) is 19.1 Å². The fourth-order valence-electron chi connectivity index (χ4n) is 1.49. The highest BCUT2D eigenvalue weighted by Crippen LogP contribution is 2.09. The van der Waals surface area contributed by atoms with Crippen LogP contribution in [0.1, 0.15) is 19.3 Å². The van der Waals surface area contributed by atoms with Crippen LogP contribution >= 0.6 is 0 Å². The highest BCUT2D eigenvalue weighted by Gasteiger charge is 2.11. The molecule has 1 rings (SSSR count). The first kappa shape index (κ1) is 11.0. The van der Waals surface area contributed by atoms with E-state index in [1.165, 1.54) is 0 Å². The van der Waals surface area contributed by atoms with Crippen LogP contribution in [0.5, 0.6) is 0 Å². The molecule has 0 aromatic rings. The first-order valence-electron chi connectivity index (χ1n) is 5.09. The van der Waals surface area contributed by atoms with Gasteiger partial charge in [-0.15, -0.1) is 6.58 Å². The number of carbonyl (C=O) groups excluding carboxylic acids is 1. The van der Waals surface area contributed by atoms with Crippen LogP contribution in [-0.4, -0.2) is 25.0 Å². The molecular weight excluding hydrogens is 176 g/mol. The van der Waals surface area contributed by atoms with Crippen molar-refractivity contribution in [1.82, 2.24) is 10.6 Å². The molecule has 1 aliphatic rings. The molecule has 0 aliphatic heterocycles. The van der Waals surface area contributed by atoms with E-state index in [2.05, 4.69) is 29.4 Å². The Morgan fingerprint density at radius 3 is 3.07 bits per heavy atom. The summed E-state index contributed by atoms with van der Waals surface area (Å²) in [6.45, 7) is 4.63. The van der Waals surface area contributed by atoms with Crippen LogP contribution in [0, 0.1) is 0 Å². The molecule has 14 heavy (non-hydrogen) atoms. The predicted molar refractivity (Wildman–Crippen MR) is 58.0 cm³/mol. The molecule has 78 valence electrons. The molecule has 0 spiro atoms. The minimum absolute atomic E-state index is 0.0761. The Hall–Kier alpha value is -1.09. The number of carbonyl (C=O) groups is 1. The van der Waals surface area contributed by atoms with Gasteiger partial charge in [0.25, 0.3) is 0 Å². The largest absolute Gasteiger partial charge is 0.352 e. The summed E-state index contributed by atoms with van der Waals surface area (Å²) in [5.41, 5.74) is 0. The van der Waals surface area contributed by atoms with E-state index in [1.807, 2.05) is 0 Å². The summed E-state index contributed by atoms with van der Waals surface area (Å²) < 4.78 is 0. The summed E-state index contributed by atoms with van der Waals surface area (Å²) in [6, 6.07) is 0.332. The molecule has 0 fully saturated rings. The summed E-state index contributed by atoms with van der Waals surface area (Å²) in [5, 5.41) is 5.97. The summed E-state index contributed by atoms with van der Waals surface area (Å²) in [5.74, 6) is 0.0761. The predicted octanol–water partition coefficient (Wildman–Crippen LogP) is 0.987. The van der Waals surface area contributed by atoms with Crippen LogP contribution in [0.25, 0.3) is 0 Å². The zero-order valence-electron chi connectivity index (χ0n) is 8.46. The van der Waals surface area contributed by atoms with Gasteiger partial charge in [0, 0.05) is 12.6 Å². The molecule has 0 saturated carbocycles. The molecule has 0 aromatic carbocycles. The van der Waals surface area contributed by atoms with E-state index >= 15 is 0 Å². The lowest BCUT2D eigenvalue weighted by Crippen LogP contribution is -2.40. The third-order valence-corrected chi connectivity index (χ3v) is 2.21. The van der Waals surface area contributed by atoms with Gasteiger partial charge in [0.1, 0.15) is 0 Å². The average molecular weight is 194 g/mol. The Morgan fingerprint density at radius 1 is 1.57 bits per heavy atom. The van der Waals surface area contributed by atoms with Gasteiger partial charge in [0.2, 0.25) is 5.91 Å². The number of hydrogen-bond acceptors (Lipinski definition) is 2. The Balaban J connectivity index is 2.12. The fraction of sp³-hybridized carbons (Fsp3) is 0.545. The zero-order chi connectivity index (χ0) is 10.2. The second kappa shape index (κ2) is 6.38. The monoisotopic (exact) mass is 194 g/mol. The zero-order valence-corrected chi connectivity index (χ0v) is 8.46. The third kappa shape index (κ3) is 4.23. The van der Waals surface area contributed by atoms with Crippen molar-refractivity contribution in [2.45, 2.75) is 25.3 Å². The van der Waals surface area contributed by atoms with Gasteiger partial charge in [0.15, 0.2) is 0 Å². The molecule has 0 aromatic heterocycles. The van der Waals surface area contributed by atoms with Gasteiger partial charge >= 0.3 is 0 Å². The number of nitrogens with one attached hydrogen (secondary N) is 2. The van der Waals surface area contributed by atoms with Crippen molar-refractivity contribution in [3.05, 3.63) is 24.8 Å². The second-order valence-electron chi connectivity index (χ2n) is 3.47. The molecule has 0 radical (unpaired) electrons. The molecule has 1 unspecified atom stereocenters. The maximum absolute atomic E-state index is 11.4. The lowest BCUT2D eigenvalue weighted by atomic mass is 10.0. The van der Waals surface area contributed by atoms with Crippen molar-refractivity contribution in [3.63, 3.8) is 0 Å². The molecular formula is C11H18N2O. The van der Waals surface area contributed by atoms with Crippen molar-refractivity contribution in [1.29, 1.82) is 0 Å². The normalized spacial score (nSPS) is 20.4. The van der Waals surface area contributed by atoms with Crippen molar-refractivity contribution < 1.29 is 4.79 Å². The molecule has 0 saturated heterocycles. The number of hydrogen-bond donors (Lipinski definition) is 2. The molecule has 1 amide bonds. The molecule has 3 heteroatoms. The quantitative estimate of drug-likeness (QED) is 0.506. The van der Waals surface area contributed by atoms with Gasteiger partial charge in [-0.25, -0.2) is 0 Å². The minimum atomic E-state index is 0.0761. The van der Waals surface area contributed by atoms with Crippen molar-refractivity contribution in [2.24, 2.45) is 0 Å². The van der Waals surface area contributed by atoms with E-state index in [4.69, 9.17) is 0 Å². The summed E-state index contributed by atoms with van der Waals surface area (Å²) in [4.78, 5) is 11.4. The first-order chi connectivity index (χ1) is 6.83. The van der Waals surface area contributed by atoms with E-state index < -0.39 is 0 Å². The fourth-order valence-corrected chi connectivity index (χ4v) is 1.49. The number of allylic oxidation sites excluding steroid dienone is 1. The highest BCUT2D eigenvalue weighted by atomic mass is 16.1. The molecule has 1 aliphatic carbocycles. The maximum Gasteiger partial charge on any atom is 0.234 e. The lowest BCUT2D eigenvalue weighted by Gasteiger charge is -2.19.